The van der Waals surface area contributed by atoms with Crippen molar-refractivity contribution in [2.24, 2.45) is 11.1 Å². The Hall–Kier alpha value is -0.440. The molecule has 0 bridgehead atoms. The van der Waals surface area contributed by atoms with E-state index in [0.29, 0.717) is 18.5 Å². The molecule has 0 radical (unpaired) electrons. The van der Waals surface area contributed by atoms with Crippen LogP contribution in [0.5, 0.6) is 0 Å². The molecule has 0 aliphatic carbocycles. The van der Waals surface area contributed by atoms with E-state index in [0.717, 1.165) is 12.8 Å². The maximum Gasteiger partial charge on any atom is 0.104 e. The van der Waals surface area contributed by atoms with E-state index in [-0.39, 0.29) is 6.04 Å². The standard InChI is InChI=1S/C10H22N2O/c1-8(2)5-6-10(12-13)7-11-9(3)4/h8-11H,5-7H2,1-4H3/t10-/m0/s1. The first-order valence-corrected chi connectivity index (χ1v) is 5.12. The van der Waals surface area contributed by atoms with Crippen molar-refractivity contribution >= 4 is 0 Å². The average Bonchev–Trinajstić information content (AvgIpc) is 2.04. The Morgan fingerprint density at radius 2 is 1.77 bits per heavy atom. The Morgan fingerprint density at radius 3 is 2.15 bits per heavy atom. The van der Waals surface area contributed by atoms with Gasteiger partial charge in [0.2, 0.25) is 0 Å². The van der Waals surface area contributed by atoms with Gasteiger partial charge in [0.25, 0.3) is 0 Å². The first kappa shape index (κ1) is 12.6. The number of nitrogens with one attached hydrogen (secondary N) is 1. The summed E-state index contributed by atoms with van der Waals surface area (Å²) >= 11 is 0. The number of rotatable bonds is 7. The molecule has 0 saturated heterocycles. The predicted molar refractivity (Wildman–Crippen MR) is 56.8 cm³/mol. The molecule has 0 saturated carbocycles. The smallest absolute Gasteiger partial charge is 0.104 e. The van der Waals surface area contributed by atoms with Crippen LogP contribution in [0.3, 0.4) is 0 Å². The Balaban J connectivity index is 3.57. The molecule has 0 aromatic rings. The van der Waals surface area contributed by atoms with Gasteiger partial charge in [0, 0.05) is 12.6 Å². The molecule has 0 aliphatic rings. The molecule has 1 N–H and O–H groups in total. The second-order valence-electron chi connectivity index (χ2n) is 4.29. The van der Waals surface area contributed by atoms with Crippen molar-refractivity contribution in [2.45, 2.75) is 52.6 Å². The minimum absolute atomic E-state index is 0.0511. The fourth-order valence-electron chi connectivity index (χ4n) is 1.09. The van der Waals surface area contributed by atoms with Crippen LogP contribution in [0.2, 0.25) is 0 Å². The minimum atomic E-state index is -0.0511. The molecule has 0 aromatic carbocycles. The first-order valence-electron chi connectivity index (χ1n) is 5.12. The van der Waals surface area contributed by atoms with Crippen molar-refractivity contribution in [2.75, 3.05) is 6.54 Å². The van der Waals surface area contributed by atoms with Crippen LogP contribution in [0.1, 0.15) is 40.5 Å². The molecule has 3 nitrogen and oxygen atoms in total. The van der Waals surface area contributed by atoms with Gasteiger partial charge < -0.3 is 5.32 Å². The third kappa shape index (κ3) is 7.91. The Labute approximate surface area is 81.3 Å². The molecule has 1 atom stereocenters. The minimum Gasteiger partial charge on any atom is -0.312 e. The van der Waals surface area contributed by atoms with Gasteiger partial charge in [-0.2, -0.15) is 4.91 Å². The maximum atomic E-state index is 10.4. The second kappa shape index (κ2) is 7.01. The van der Waals surface area contributed by atoms with Crippen LogP contribution in [0.25, 0.3) is 0 Å². The molecule has 78 valence electrons. The molecule has 0 aromatic heterocycles. The SMILES string of the molecule is CC(C)CC[C@@H](CNC(C)C)N=O. The molecule has 0 unspecified atom stereocenters. The highest BCUT2D eigenvalue weighted by Crippen LogP contribution is 2.08. The third-order valence-corrected chi connectivity index (χ3v) is 1.99. The third-order valence-electron chi connectivity index (χ3n) is 1.99. The molecule has 0 amide bonds. The Bertz CT molecular complexity index is 123. The largest absolute Gasteiger partial charge is 0.312 e. The molecule has 0 rings (SSSR count). The summed E-state index contributed by atoms with van der Waals surface area (Å²) in [6.07, 6.45) is 1.98. The molecule has 0 fully saturated rings. The van der Waals surface area contributed by atoms with Gasteiger partial charge in [-0.15, -0.1) is 0 Å². The van der Waals surface area contributed by atoms with E-state index in [1.165, 1.54) is 0 Å². The summed E-state index contributed by atoms with van der Waals surface area (Å²) in [6.45, 7) is 9.19. The van der Waals surface area contributed by atoms with Crippen LogP contribution >= 0.6 is 0 Å². The van der Waals surface area contributed by atoms with Gasteiger partial charge in [-0.05, 0) is 18.8 Å². The maximum absolute atomic E-state index is 10.4. The summed E-state index contributed by atoms with van der Waals surface area (Å²) in [4.78, 5) is 10.4. The van der Waals surface area contributed by atoms with Crippen molar-refractivity contribution in [1.82, 2.24) is 5.32 Å². The predicted octanol–water partition coefficient (Wildman–Crippen LogP) is 2.56. The zero-order chi connectivity index (χ0) is 10.3. The Kier molecular flexibility index (Phi) is 6.77. The van der Waals surface area contributed by atoms with Crippen LogP contribution in [-0.4, -0.2) is 18.6 Å². The van der Waals surface area contributed by atoms with Gasteiger partial charge in [-0.1, -0.05) is 32.9 Å². The Morgan fingerprint density at radius 1 is 1.15 bits per heavy atom. The van der Waals surface area contributed by atoms with E-state index in [4.69, 9.17) is 0 Å². The quantitative estimate of drug-likeness (QED) is 0.621. The van der Waals surface area contributed by atoms with Crippen molar-refractivity contribution in [3.8, 4) is 0 Å². The van der Waals surface area contributed by atoms with Crippen molar-refractivity contribution in [3.63, 3.8) is 0 Å². The monoisotopic (exact) mass is 186 g/mol. The van der Waals surface area contributed by atoms with Crippen LogP contribution in [0.4, 0.5) is 0 Å². The molecule has 3 heteroatoms. The van der Waals surface area contributed by atoms with Gasteiger partial charge >= 0.3 is 0 Å². The average molecular weight is 186 g/mol. The zero-order valence-corrected chi connectivity index (χ0v) is 9.21. The highest BCUT2D eigenvalue weighted by Gasteiger charge is 2.09. The highest BCUT2D eigenvalue weighted by atomic mass is 16.3. The topological polar surface area (TPSA) is 41.5 Å². The van der Waals surface area contributed by atoms with Gasteiger partial charge in [-0.25, -0.2) is 0 Å². The summed E-state index contributed by atoms with van der Waals surface area (Å²) in [5.74, 6) is 0.656. The van der Waals surface area contributed by atoms with Crippen molar-refractivity contribution in [1.29, 1.82) is 0 Å². The van der Waals surface area contributed by atoms with E-state index >= 15 is 0 Å². The molecule has 13 heavy (non-hydrogen) atoms. The zero-order valence-electron chi connectivity index (χ0n) is 9.21. The number of nitroso groups, excluding NO2 is 1. The molecular formula is C10H22N2O. The molecule has 0 spiro atoms. The first-order chi connectivity index (χ1) is 6.06. The summed E-state index contributed by atoms with van der Waals surface area (Å²) < 4.78 is 0. The van der Waals surface area contributed by atoms with Gasteiger partial charge in [0.05, 0.1) is 0 Å². The molecule has 0 heterocycles. The fourth-order valence-corrected chi connectivity index (χ4v) is 1.09. The lowest BCUT2D eigenvalue weighted by molar-refractivity contribution is 0.457. The lowest BCUT2D eigenvalue weighted by atomic mass is 10.0. The summed E-state index contributed by atoms with van der Waals surface area (Å²) in [5, 5.41) is 6.35. The van der Waals surface area contributed by atoms with E-state index in [1.807, 2.05) is 0 Å². The van der Waals surface area contributed by atoms with Gasteiger partial charge in [0.15, 0.2) is 0 Å². The lowest BCUT2D eigenvalue weighted by Gasteiger charge is -2.13. The van der Waals surface area contributed by atoms with Gasteiger partial charge in [-0.3, -0.25) is 0 Å². The van der Waals surface area contributed by atoms with Crippen molar-refractivity contribution < 1.29 is 0 Å². The normalized spacial score (nSPS) is 13.7. The number of nitrogens with zero attached hydrogens (tertiary/aromatic N) is 1. The second-order valence-corrected chi connectivity index (χ2v) is 4.29. The lowest BCUT2D eigenvalue weighted by Crippen LogP contribution is -2.31. The highest BCUT2D eigenvalue weighted by molar-refractivity contribution is 4.70. The van der Waals surface area contributed by atoms with Crippen LogP contribution in [0, 0.1) is 10.8 Å². The van der Waals surface area contributed by atoms with E-state index in [9.17, 15) is 4.91 Å². The van der Waals surface area contributed by atoms with E-state index in [2.05, 4.69) is 38.2 Å². The van der Waals surface area contributed by atoms with Crippen LogP contribution in [-0.2, 0) is 0 Å². The van der Waals surface area contributed by atoms with E-state index < -0.39 is 0 Å². The molecular weight excluding hydrogens is 164 g/mol. The number of hydrogen-bond donors (Lipinski definition) is 1. The fraction of sp³-hybridized carbons (Fsp3) is 1.00. The summed E-state index contributed by atoms with van der Waals surface area (Å²) in [6, 6.07) is 0.382. The van der Waals surface area contributed by atoms with E-state index in [1.54, 1.807) is 0 Å². The van der Waals surface area contributed by atoms with Crippen molar-refractivity contribution in [3.05, 3.63) is 4.91 Å². The van der Waals surface area contributed by atoms with Crippen LogP contribution in [0.15, 0.2) is 5.18 Å². The number of hydrogen-bond acceptors (Lipinski definition) is 3. The van der Waals surface area contributed by atoms with Crippen LogP contribution < -0.4 is 5.32 Å². The summed E-state index contributed by atoms with van der Waals surface area (Å²) in [5.41, 5.74) is 0. The van der Waals surface area contributed by atoms with Gasteiger partial charge in [0.1, 0.15) is 6.04 Å². The molecule has 0 aliphatic heterocycles. The summed E-state index contributed by atoms with van der Waals surface area (Å²) in [7, 11) is 0.